The van der Waals surface area contributed by atoms with Gasteiger partial charge < -0.3 is 4.74 Å². The third-order valence-corrected chi connectivity index (χ3v) is 7.81. The molecule has 0 radical (unpaired) electrons. The van der Waals surface area contributed by atoms with E-state index in [4.69, 9.17) is 4.74 Å². The zero-order chi connectivity index (χ0) is 22.3. The molecule has 1 aliphatic rings. The highest BCUT2D eigenvalue weighted by atomic mass is 79.9. The topological polar surface area (TPSA) is 85.4 Å². The standard InChI is InChI=1S/C23H23BrN2O4S/c1-13(2)18-11-9-15-19(25-18)5-4-6-21(15)31(28,29)26-23(27)16-8-7-14-17(24)10-12-20(30-3)22(14)16/h4-6,9-13,16H,7-8H2,1-3H3,(H,26,27). The predicted octanol–water partition coefficient (Wildman–Crippen LogP) is 4.66. The van der Waals surface area contributed by atoms with Crippen LogP contribution in [-0.2, 0) is 21.2 Å². The highest BCUT2D eigenvalue weighted by Crippen LogP contribution is 2.43. The maximum absolute atomic E-state index is 13.2. The Balaban J connectivity index is 1.69. The van der Waals surface area contributed by atoms with Crippen LogP contribution in [0, 0.1) is 0 Å². The number of hydrogen-bond acceptors (Lipinski definition) is 5. The molecule has 8 heteroatoms. The molecule has 1 heterocycles. The van der Waals surface area contributed by atoms with Gasteiger partial charge in [-0.1, -0.05) is 35.8 Å². The average Bonchev–Trinajstić information content (AvgIpc) is 3.19. The molecular weight excluding hydrogens is 480 g/mol. The predicted molar refractivity (Wildman–Crippen MR) is 123 cm³/mol. The van der Waals surface area contributed by atoms with Gasteiger partial charge in [0.15, 0.2) is 0 Å². The van der Waals surface area contributed by atoms with Gasteiger partial charge in [0.05, 0.1) is 23.4 Å². The maximum atomic E-state index is 13.2. The molecule has 1 amide bonds. The zero-order valence-electron chi connectivity index (χ0n) is 17.5. The summed E-state index contributed by atoms with van der Waals surface area (Å²) in [6.07, 6.45) is 1.19. The number of pyridine rings is 1. The second-order valence-corrected chi connectivity index (χ2v) is 10.4. The van der Waals surface area contributed by atoms with Crippen molar-refractivity contribution >= 4 is 42.8 Å². The van der Waals surface area contributed by atoms with E-state index >= 15 is 0 Å². The molecule has 1 aliphatic carbocycles. The lowest BCUT2D eigenvalue weighted by Crippen LogP contribution is -2.34. The first-order valence-corrected chi connectivity index (χ1v) is 12.3. The van der Waals surface area contributed by atoms with Gasteiger partial charge in [0.25, 0.3) is 10.0 Å². The normalized spacial score (nSPS) is 15.8. The van der Waals surface area contributed by atoms with E-state index in [9.17, 15) is 13.2 Å². The number of methoxy groups -OCH3 is 1. The largest absolute Gasteiger partial charge is 0.496 e. The molecule has 0 bridgehead atoms. The summed E-state index contributed by atoms with van der Waals surface area (Å²) in [4.78, 5) is 17.7. The van der Waals surface area contributed by atoms with Crippen molar-refractivity contribution in [3.05, 3.63) is 63.8 Å². The summed E-state index contributed by atoms with van der Waals surface area (Å²) in [5, 5.41) is 0.486. The van der Waals surface area contributed by atoms with Gasteiger partial charge in [0, 0.05) is 21.1 Å². The van der Waals surface area contributed by atoms with E-state index in [0.29, 0.717) is 29.5 Å². The van der Waals surface area contributed by atoms with Crippen molar-refractivity contribution in [1.82, 2.24) is 9.71 Å². The van der Waals surface area contributed by atoms with Gasteiger partial charge in [0.2, 0.25) is 5.91 Å². The minimum absolute atomic E-state index is 0.0422. The Bertz CT molecular complexity index is 1290. The molecule has 4 rings (SSSR count). The van der Waals surface area contributed by atoms with Crippen molar-refractivity contribution in [1.29, 1.82) is 0 Å². The van der Waals surface area contributed by atoms with Gasteiger partial charge in [-0.2, -0.15) is 0 Å². The molecule has 1 unspecified atom stereocenters. The lowest BCUT2D eigenvalue weighted by molar-refractivity contribution is -0.120. The number of hydrogen-bond donors (Lipinski definition) is 1. The molecule has 0 fully saturated rings. The minimum Gasteiger partial charge on any atom is -0.496 e. The van der Waals surface area contributed by atoms with Gasteiger partial charge >= 0.3 is 0 Å². The molecule has 0 spiro atoms. The molecule has 3 aromatic rings. The van der Waals surface area contributed by atoms with Crippen LogP contribution < -0.4 is 9.46 Å². The number of carbonyl (C=O) groups is 1. The summed E-state index contributed by atoms with van der Waals surface area (Å²) in [5.41, 5.74) is 3.18. The quantitative estimate of drug-likeness (QED) is 0.547. The monoisotopic (exact) mass is 502 g/mol. The Labute approximate surface area is 190 Å². The fourth-order valence-electron chi connectivity index (χ4n) is 4.08. The molecule has 2 aromatic carbocycles. The van der Waals surface area contributed by atoms with Crippen molar-refractivity contribution in [3.63, 3.8) is 0 Å². The van der Waals surface area contributed by atoms with Crippen molar-refractivity contribution < 1.29 is 17.9 Å². The molecule has 0 aliphatic heterocycles. The number of ether oxygens (including phenoxy) is 1. The van der Waals surface area contributed by atoms with Crippen LogP contribution in [0.15, 0.2) is 51.8 Å². The van der Waals surface area contributed by atoms with Crippen molar-refractivity contribution in [2.75, 3.05) is 7.11 Å². The van der Waals surface area contributed by atoms with Crippen LogP contribution in [0.3, 0.4) is 0 Å². The Kier molecular flexibility index (Phi) is 5.79. The Morgan fingerprint density at radius 1 is 1.19 bits per heavy atom. The maximum Gasteiger partial charge on any atom is 0.264 e. The molecule has 1 atom stereocenters. The Morgan fingerprint density at radius 2 is 1.97 bits per heavy atom. The smallest absolute Gasteiger partial charge is 0.264 e. The third-order valence-electron chi connectivity index (χ3n) is 5.66. The summed E-state index contributed by atoms with van der Waals surface area (Å²) in [6, 6.07) is 12.1. The first-order valence-electron chi connectivity index (χ1n) is 10.0. The van der Waals surface area contributed by atoms with Crippen molar-refractivity contribution in [2.24, 2.45) is 0 Å². The zero-order valence-corrected chi connectivity index (χ0v) is 19.9. The van der Waals surface area contributed by atoms with Gasteiger partial charge in [-0.3, -0.25) is 9.78 Å². The number of halogens is 1. The molecule has 162 valence electrons. The Morgan fingerprint density at radius 3 is 2.68 bits per heavy atom. The van der Waals surface area contributed by atoms with Crippen LogP contribution in [0.5, 0.6) is 5.75 Å². The van der Waals surface area contributed by atoms with Crippen LogP contribution in [0.2, 0.25) is 0 Å². The van der Waals surface area contributed by atoms with E-state index in [0.717, 1.165) is 21.3 Å². The lowest BCUT2D eigenvalue weighted by Gasteiger charge is -2.16. The summed E-state index contributed by atoms with van der Waals surface area (Å²) in [7, 11) is -2.54. The molecule has 0 saturated carbocycles. The minimum atomic E-state index is -4.08. The van der Waals surface area contributed by atoms with Crippen LogP contribution in [0.4, 0.5) is 0 Å². The number of benzene rings is 2. The van der Waals surface area contributed by atoms with Crippen molar-refractivity contribution in [2.45, 2.75) is 43.4 Å². The average molecular weight is 503 g/mol. The first-order chi connectivity index (χ1) is 14.7. The fourth-order valence-corrected chi connectivity index (χ4v) is 5.86. The number of aromatic nitrogens is 1. The fraction of sp³-hybridized carbons (Fsp3) is 0.304. The van der Waals surface area contributed by atoms with E-state index in [1.165, 1.54) is 6.07 Å². The molecule has 1 N–H and O–H groups in total. The Hall–Kier alpha value is -2.45. The van der Waals surface area contributed by atoms with Crippen LogP contribution in [-0.4, -0.2) is 26.4 Å². The van der Waals surface area contributed by atoms with E-state index < -0.39 is 21.8 Å². The molecular formula is C23H23BrN2O4S. The number of carbonyl (C=O) groups excluding carboxylic acids is 1. The van der Waals surface area contributed by atoms with Crippen LogP contribution >= 0.6 is 15.9 Å². The van der Waals surface area contributed by atoms with Gasteiger partial charge in [-0.25, -0.2) is 13.1 Å². The van der Waals surface area contributed by atoms with Gasteiger partial charge in [-0.15, -0.1) is 0 Å². The number of fused-ring (bicyclic) bond motifs is 2. The first kappa shape index (κ1) is 21.8. The number of amides is 1. The summed E-state index contributed by atoms with van der Waals surface area (Å²) < 4.78 is 34.9. The van der Waals surface area contributed by atoms with Crippen molar-refractivity contribution in [3.8, 4) is 5.75 Å². The number of nitrogens with zero attached hydrogens (tertiary/aromatic N) is 1. The van der Waals surface area contributed by atoms with E-state index in [1.807, 2.05) is 26.0 Å². The second-order valence-electron chi connectivity index (χ2n) is 7.92. The third kappa shape index (κ3) is 3.94. The molecule has 6 nitrogen and oxygen atoms in total. The lowest BCUT2D eigenvalue weighted by atomic mass is 10.00. The van der Waals surface area contributed by atoms with Gasteiger partial charge in [0.1, 0.15) is 5.75 Å². The number of sulfonamides is 1. The highest BCUT2D eigenvalue weighted by molar-refractivity contribution is 9.10. The number of nitrogens with one attached hydrogen (secondary N) is 1. The van der Waals surface area contributed by atoms with E-state index in [2.05, 4.69) is 25.6 Å². The molecule has 0 saturated heterocycles. The highest BCUT2D eigenvalue weighted by Gasteiger charge is 2.35. The summed E-state index contributed by atoms with van der Waals surface area (Å²) in [6.45, 7) is 4.06. The summed E-state index contributed by atoms with van der Waals surface area (Å²) in [5.74, 6) is -0.346. The SMILES string of the molecule is COc1ccc(Br)c2c1C(C(=O)NS(=O)(=O)c1cccc3nc(C(C)C)ccc13)CC2. The number of rotatable bonds is 5. The van der Waals surface area contributed by atoms with E-state index in [1.54, 1.807) is 31.4 Å². The van der Waals surface area contributed by atoms with E-state index in [-0.39, 0.29) is 10.8 Å². The molecule has 1 aromatic heterocycles. The van der Waals surface area contributed by atoms with Crippen LogP contribution in [0.1, 0.15) is 48.9 Å². The van der Waals surface area contributed by atoms with Gasteiger partial charge in [-0.05, 0) is 60.7 Å². The summed E-state index contributed by atoms with van der Waals surface area (Å²) >= 11 is 3.52. The molecule has 31 heavy (non-hydrogen) atoms. The van der Waals surface area contributed by atoms with Crippen LogP contribution in [0.25, 0.3) is 10.9 Å². The second kappa shape index (κ2) is 8.24.